The highest BCUT2D eigenvalue weighted by Crippen LogP contribution is 1.90. The largest absolute Gasteiger partial charge is 0.478 e. The van der Waals surface area contributed by atoms with Crippen LogP contribution in [-0.4, -0.2) is 67.7 Å². The number of aliphatic hydroxyl groups excluding tert-OH is 2. The van der Waals surface area contributed by atoms with Crippen molar-refractivity contribution >= 4 is 23.9 Å². The molecule has 0 saturated carbocycles. The average Bonchev–Trinajstić information content (AvgIpc) is 2.38. The molecule has 0 unspecified atom stereocenters. The van der Waals surface area contributed by atoms with Crippen LogP contribution < -0.4 is 0 Å². The van der Waals surface area contributed by atoms with Crippen molar-refractivity contribution in [2.45, 2.75) is 13.8 Å². The van der Waals surface area contributed by atoms with Gasteiger partial charge in [0.25, 0.3) is 0 Å². The molecular formula is C12H18O10. The Morgan fingerprint density at radius 1 is 0.682 bits per heavy atom. The maximum absolute atomic E-state index is 9.90. The third-order valence-electron chi connectivity index (χ3n) is 1.45. The molecule has 0 aliphatic rings. The summed E-state index contributed by atoms with van der Waals surface area (Å²) in [6.45, 7) is 2.19. The fourth-order valence-electron chi connectivity index (χ4n) is 0.494. The van der Waals surface area contributed by atoms with Gasteiger partial charge in [-0.1, -0.05) is 0 Å². The van der Waals surface area contributed by atoms with E-state index in [4.69, 9.17) is 30.6 Å². The molecule has 0 radical (unpaired) electrons. The van der Waals surface area contributed by atoms with Gasteiger partial charge < -0.3 is 30.6 Å². The van der Waals surface area contributed by atoms with Crippen molar-refractivity contribution < 1.29 is 49.8 Å². The highest BCUT2D eigenvalue weighted by Gasteiger charge is 2.01. The number of carbonyl (C=O) groups is 4. The number of aliphatic carboxylic acids is 4. The van der Waals surface area contributed by atoms with E-state index >= 15 is 0 Å². The molecule has 126 valence electrons. The van der Waals surface area contributed by atoms with Crippen molar-refractivity contribution in [2.75, 3.05) is 13.2 Å². The molecule has 10 heteroatoms. The van der Waals surface area contributed by atoms with Crippen molar-refractivity contribution in [3.8, 4) is 0 Å². The predicted molar refractivity (Wildman–Crippen MR) is 72.2 cm³/mol. The van der Waals surface area contributed by atoms with Gasteiger partial charge in [-0.15, -0.1) is 0 Å². The minimum atomic E-state index is -1.24. The van der Waals surface area contributed by atoms with Crippen LogP contribution in [0.3, 0.4) is 0 Å². The van der Waals surface area contributed by atoms with Gasteiger partial charge in [0.1, 0.15) is 0 Å². The first-order valence-electron chi connectivity index (χ1n) is 5.50. The number of aliphatic hydroxyl groups is 2. The van der Waals surface area contributed by atoms with Gasteiger partial charge in [0.05, 0.1) is 13.2 Å². The summed E-state index contributed by atoms with van der Waals surface area (Å²) in [6.07, 6.45) is 1.28. The minimum Gasteiger partial charge on any atom is -0.478 e. The quantitative estimate of drug-likeness (QED) is 0.348. The summed E-state index contributed by atoms with van der Waals surface area (Å²) in [5, 5.41) is 47.4. The lowest BCUT2D eigenvalue weighted by Crippen LogP contribution is -1.99. The first-order valence-corrected chi connectivity index (χ1v) is 5.50. The molecule has 0 rings (SSSR count). The van der Waals surface area contributed by atoms with E-state index in [2.05, 4.69) is 0 Å². The van der Waals surface area contributed by atoms with E-state index in [9.17, 15) is 19.2 Å². The molecule has 0 spiro atoms. The van der Waals surface area contributed by atoms with Crippen LogP contribution in [0.15, 0.2) is 23.3 Å². The lowest BCUT2D eigenvalue weighted by Gasteiger charge is -1.86. The molecule has 0 aliphatic heterocycles. The summed E-state index contributed by atoms with van der Waals surface area (Å²) >= 11 is 0. The Morgan fingerprint density at radius 3 is 0.955 bits per heavy atom. The molecule has 0 saturated heterocycles. The van der Waals surface area contributed by atoms with Gasteiger partial charge in [-0.05, 0) is 13.8 Å². The molecule has 0 amide bonds. The van der Waals surface area contributed by atoms with Gasteiger partial charge >= 0.3 is 23.9 Å². The van der Waals surface area contributed by atoms with Crippen LogP contribution in [-0.2, 0) is 19.2 Å². The Hall–Kier alpha value is -2.72. The van der Waals surface area contributed by atoms with Crippen LogP contribution in [0.1, 0.15) is 13.8 Å². The number of carboxylic acid groups (broad SMARTS) is 4. The summed E-state index contributed by atoms with van der Waals surface area (Å²) in [4.78, 5) is 39.4. The topological polar surface area (TPSA) is 190 Å². The van der Waals surface area contributed by atoms with E-state index in [0.29, 0.717) is 12.2 Å². The summed E-state index contributed by atoms with van der Waals surface area (Å²) in [5.41, 5.74) is -0.356. The van der Waals surface area contributed by atoms with Crippen molar-refractivity contribution in [3.63, 3.8) is 0 Å². The smallest absolute Gasteiger partial charge is 0.331 e. The predicted octanol–water partition coefficient (Wildman–Crippen LogP) is -0.825. The van der Waals surface area contributed by atoms with Crippen LogP contribution in [0.2, 0.25) is 0 Å². The van der Waals surface area contributed by atoms with E-state index < -0.39 is 23.9 Å². The van der Waals surface area contributed by atoms with Gasteiger partial charge in [-0.3, -0.25) is 0 Å². The normalized spacial score (nSPS) is 10.4. The van der Waals surface area contributed by atoms with Crippen molar-refractivity contribution in [1.29, 1.82) is 0 Å². The SMILES string of the molecule is CC(=CC(=O)O)C(=O)O.CC(=CC(=O)O)C(=O)O.OCCO. The highest BCUT2D eigenvalue weighted by molar-refractivity contribution is 5.94. The Kier molecular flexibility index (Phi) is 16.2. The van der Waals surface area contributed by atoms with E-state index in [1.165, 1.54) is 13.8 Å². The molecule has 0 aromatic heterocycles. The van der Waals surface area contributed by atoms with Crippen LogP contribution >= 0.6 is 0 Å². The number of rotatable bonds is 5. The highest BCUT2D eigenvalue weighted by atomic mass is 16.4. The standard InChI is InChI=1S/2C5H6O4.C2H6O2/c2*1-3(5(8)9)2-4(6)7;3-1-2-4/h2*2H,1H3,(H,6,7)(H,8,9);3-4H,1-2H2. The zero-order chi connectivity index (χ0) is 18.3. The van der Waals surface area contributed by atoms with Crippen molar-refractivity contribution in [1.82, 2.24) is 0 Å². The molecule has 0 bridgehead atoms. The van der Waals surface area contributed by atoms with Crippen LogP contribution in [0, 0.1) is 0 Å². The van der Waals surface area contributed by atoms with Gasteiger partial charge in [0.15, 0.2) is 0 Å². The fourth-order valence-corrected chi connectivity index (χ4v) is 0.494. The summed E-state index contributed by atoms with van der Waals surface area (Å²) < 4.78 is 0. The monoisotopic (exact) mass is 322 g/mol. The molecule has 22 heavy (non-hydrogen) atoms. The third kappa shape index (κ3) is 22.5. The lowest BCUT2D eigenvalue weighted by molar-refractivity contribution is -0.135. The van der Waals surface area contributed by atoms with Gasteiger partial charge in [-0.2, -0.15) is 0 Å². The minimum absolute atomic E-state index is 0.125. The van der Waals surface area contributed by atoms with Gasteiger partial charge in [0, 0.05) is 23.3 Å². The molecule has 0 atom stereocenters. The van der Waals surface area contributed by atoms with Crippen molar-refractivity contribution in [3.05, 3.63) is 23.3 Å². The van der Waals surface area contributed by atoms with Gasteiger partial charge in [0.2, 0.25) is 0 Å². The first kappa shape index (κ1) is 24.3. The Bertz CT molecular complexity index is 405. The molecular weight excluding hydrogens is 304 g/mol. The molecule has 0 aromatic rings. The summed E-state index contributed by atoms with van der Waals surface area (Å²) in [6, 6.07) is 0. The summed E-state index contributed by atoms with van der Waals surface area (Å²) in [5.74, 6) is -4.90. The molecule has 0 heterocycles. The van der Waals surface area contributed by atoms with E-state index in [1.807, 2.05) is 0 Å². The molecule has 6 N–H and O–H groups in total. The Balaban J connectivity index is -0.000000266. The van der Waals surface area contributed by atoms with Gasteiger partial charge in [-0.25, -0.2) is 19.2 Å². The Morgan fingerprint density at radius 2 is 0.909 bits per heavy atom. The molecule has 0 aromatic carbocycles. The Labute approximate surface area is 125 Å². The molecule has 0 aliphatic carbocycles. The zero-order valence-electron chi connectivity index (χ0n) is 11.9. The number of hydrogen-bond acceptors (Lipinski definition) is 6. The van der Waals surface area contributed by atoms with E-state index in [-0.39, 0.29) is 24.4 Å². The lowest BCUT2D eigenvalue weighted by atomic mass is 10.3. The third-order valence-corrected chi connectivity index (χ3v) is 1.45. The van der Waals surface area contributed by atoms with Crippen molar-refractivity contribution in [2.24, 2.45) is 0 Å². The number of carboxylic acids is 4. The van der Waals surface area contributed by atoms with E-state index in [1.54, 1.807) is 0 Å². The van der Waals surface area contributed by atoms with Crippen LogP contribution in [0.4, 0.5) is 0 Å². The summed E-state index contributed by atoms with van der Waals surface area (Å²) in [7, 11) is 0. The van der Waals surface area contributed by atoms with Crippen LogP contribution in [0.25, 0.3) is 0 Å². The number of hydrogen-bond donors (Lipinski definition) is 6. The molecule has 0 fully saturated rings. The van der Waals surface area contributed by atoms with Crippen LogP contribution in [0.5, 0.6) is 0 Å². The maximum Gasteiger partial charge on any atom is 0.331 e. The van der Waals surface area contributed by atoms with E-state index in [0.717, 1.165) is 0 Å². The molecule has 10 nitrogen and oxygen atoms in total. The first-order chi connectivity index (χ1) is 9.99. The zero-order valence-corrected chi connectivity index (χ0v) is 11.9. The average molecular weight is 322 g/mol. The second-order valence-electron chi connectivity index (χ2n) is 3.39. The second-order valence-corrected chi connectivity index (χ2v) is 3.39. The maximum atomic E-state index is 9.90. The second kappa shape index (κ2) is 14.7. The fraction of sp³-hybridized carbons (Fsp3) is 0.333.